The van der Waals surface area contributed by atoms with E-state index in [9.17, 15) is 9.59 Å². The van der Waals surface area contributed by atoms with Gasteiger partial charge in [-0.1, -0.05) is 13.0 Å². The number of nitrogens with zero attached hydrogens (tertiary/aromatic N) is 1. The van der Waals surface area contributed by atoms with Crippen LogP contribution in [0.4, 0.5) is 0 Å². The van der Waals surface area contributed by atoms with Gasteiger partial charge >= 0.3 is 0 Å². The first-order chi connectivity index (χ1) is 9.83. The molecule has 1 aliphatic rings. The molecule has 1 saturated heterocycles. The summed E-state index contributed by atoms with van der Waals surface area (Å²) in [6, 6.07) is 3.31. The quantitative estimate of drug-likeness (QED) is 0.929. The Balaban J connectivity index is 2.20. The Morgan fingerprint density at radius 1 is 1.43 bits per heavy atom. The first-order valence-corrected chi connectivity index (χ1v) is 9.06. The minimum absolute atomic E-state index is 0.0316. The van der Waals surface area contributed by atoms with Gasteiger partial charge in [0.25, 0.3) is 5.91 Å². The number of thiophene rings is 1. The molecular formula is C15H22N2O2S2. The van der Waals surface area contributed by atoms with Gasteiger partial charge in [0.15, 0.2) is 0 Å². The smallest absolute Gasteiger partial charge is 0.265 e. The van der Waals surface area contributed by atoms with E-state index in [-0.39, 0.29) is 28.8 Å². The van der Waals surface area contributed by atoms with Crippen molar-refractivity contribution in [1.82, 2.24) is 10.2 Å². The van der Waals surface area contributed by atoms with E-state index in [4.69, 9.17) is 0 Å². The largest absolute Gasteiger partial charge is 0.350 e. The van der Waals surface area contributed by atoms with Crippen LogP contribution in [0, 0.1) is 0 Å². The number of amides is 2. The van der Waals surface area contributed by atoms with E-state index in [0.29, 0.717) is 10.6 Å². The minimum atomic E-state index is -0.381. The molecule has 0 aliphatic carbocycles. The van der Waals surface area contributed by atoms with E-state index < -0.39 is 0 Å². The topological polar surface area (TPSA) is 49.4 Å². The average Bonchev–Trinajstić information content (AvgIpc) is 3.05. The van der Waals surface area contributed by atoms with Crippen LogP contribution in [0.5, 0.6) is 0 Å². The average molecular weight is 326 g/mol. The lowest BCUT2D eigenvalue weighted by Crippen LogP contribution is -2.53. The zero-order valence-electron chi connectivity index (χ0n) is 12.9. The molecule has 0 spiro atoms. The van der Waals surface area contributed by atoms with Crippen LogP contribution in [0.2, 0.25) is 0 Å². The van der Waals surface area contributed by atoms with Crippen LogP contribution < -0.4 is 5.32 Å². The van der Waals surface area contributed by atoms with Crippen molar-refractivity contribution in [1.29, 1.82) is 0 Å². The SMILES string of the molecule is CCC1SCC(C(=O)NC(C)(C)C)N1C(=O)c1cccs1. The molecule has 1 fully saturated rings. The summed E-state index contributed by atoms with van der Waals surface area (Å²) in [5.74, 6) is 0.573. The minimum Gasteiger partial charge on any atom is -0.350 e. The summed E-state index contributed by atoms with van der Waals surface area (Å²) in [6.45, 7) is 7.91. The lowest BCUT2D eigenvalue weighted by Gasteiger charge is -2.30. The number of hydrogen-bond acceptors (Lipinski definition) is 4. The predicted octanol–water partition coefficient (Wildman–Crippen LogP) is 2.96. The number of thioether (sulfide) groups is 1. The molecule has 4 nitrogen and oxygen atoms in total. The number of nitrogens with one attached hydrogen (secondary N) is 1. The third-order valence-electron chi connectivity index (χ3n) is 3.21. The fourth-order valence-corrected chi connectivity index (χ4v) is 4.36. The van der Waals surface area contributed by atoms with Gasteiger partial charge in [0, 0.05) is 11.3 Å². The lowest BCUT2D eigenvalue weighted by atomic mass is 10.1. The molecule has 2 heterocycles. The standard InChI is InChI=1S/C15H22N2O2S2/c1-5-12-17(14(19)11-7-6-8-20-11)10(9-21-12)13(18)16-15(2,3)4/h6-8,10,12H,5,9H2,1-4H3,(H,16,18). The molecule has 0 aromatic carbocycles. The van der Waals surface area contributed by atoms with Crippen LogP contribution in [0.15, 0.2) is 17.5 Å². The van der Waals surface area contributed by atoms with E-state index in [2.05, 4.69) is 12.2 Å². The number of carbonyl (C=O) groups excluding carboxylic acids is 2. The number of hydrogen-bond donors (Lipinski definition) is 1. The maximum Gasteiger partial charge on any atom is 0.265 e. The van der Waals surface area contributed by atoms with Crippen LogP contribution in [0.3, 0.4) is 0 Å². The molecule has 21 heavy (non-hydrogen) atoms. The van der Waals surface area contributed by atoms with Crippen molar-refractivity contribution in [3.8, 4) is 0 Å². The second-order valence-electron chi connectivity index (χ2n) is 6.14. The van der Waals surface area contributed by atoms with Crippen molar-refractivity contribution in [2.45, 2.75) is 51.1 Å². The van der Waals surface area contributed by atoms with Gasteiger partial charge in [-0.15, -0.1) is 23.1 Å². The maximum absolute atomic E-state index is 12.7. The van der Waals surface area contributed by atoms with E-state index in [1.165, 1.54) is 11.3 Å². The molecule has 1 aromatic rings. The zero-order chi connectivity index (χ0) is 15.6. The zero-order valence-corrected chi connectivity index (χ0v) is 14.5. The molecule has 1 aliphatic heterocycles. The third-order valence-corrected chi connectivity index (χ3v) is 5.52. The summed E-state index contributed by atoms with van der Waals surface area (Å²) in [4.78, 5) is 27.7. The van der Waals surface area contributed by atoms with Gasteiger partial charge in [-0.05, 0) is 38.6 Å². The van der Waals surface area contributed by atoms with E-state index >= 15 is 0 Å². The molecule has 6 heteroatoms. The van der Waals surface area contributed by atoms with E-state index in [0.717, 1.165) is 6.42 Å². The summed E-state index contributed by atoms with van der Waals surface area (Å²) >= 11 is 3.11. The van der Waals surface area contributed by atoms with Gasteiger partial charge in [0.05, 0.1) is 10.3 Å². The van der Waals surface area contributed by atoms with Crippen LogP contribution in [-0.2, 0) is 4.79 Å². The summed E-state index contributed by atoms with van der Waals surface area (Å²) < 4.78 is 0. The van der Waals surface area contributed by atoms with Crippen molar-refractivity contribution < 1.29 is 9.59 Å². The molecule has 1 N–H and O–H groups in total. The highest BCUT2D eigenvalue weighted by Gasteiger charge is 2.41. The fourth-order valence-electron chi connectivity index (χ4n) is 2.33. The highest BCUT2D eigenvalue weighted by atomic mass is 32.2. The second-order valence-corrected chi connectivity index (χ2v) is 8.30. The summed E-state index contributed by atoms with van der Waals surface area (Å²) in [7, 11) is 0. The monoisotopic (exact) mass is 326 g/mol. The highest BCUT2D eigenvalue weighted by molar-refractivity contribution is 8.00. The Hall–Kier alpha value is -1.01. The molecule has 2 amide bonds. The maximum atomic E-state index is 12.7. The van der Waals surface area contributed by atoms with Gasteiger partial charge in [-0.2, -0.15) is 0 Å². The summed E-state index contributed by atoms with van der Waals surface area (Å²) in [5, 5.41) is 4.96. The van der Waals surface area contributed by atoms with Gasteiger partial charge in [0.1, 0.15) is 6.04 Å². The molecule has 0 bridgehead atoms. The van der Waals surface area contributed by atoms with Crippen LogP contribution in [0.1, 0.15) is 43.8 Å². The van der Waals surface area contributed by atoms with Crippen molar-refractivity contribution >= 4 is 34.9 Å². The highest BCUT2D eigenvalue weighted by Crippen LogP contribution is 2.33. The molecule has 1 aromatic heterocycles. The summed E-state index contributed by atoms with van der Waals surface area (Å²) in [5.41, 5.74) is -0.288. The van der Waals surface area contributed by atoms with Crippen molar-refractivity contribution in [2.24, 2.45) is 0 Å². The molecular weight excluding hydrogens is 304 g/mol. The van der Waals surface area contributed by atoms with Crippen molar-refractivity contribution in [3.05, 3.63) is 22.4 Å². The Morgan fingerprint density at radius 2 is 2.14 bits per heavy atom. The first-order valence-electron chi connectivity index (χ1n) is 7.13. The van der Waals surface area contributed by atoms with Crippen LogP contribution in [-0.4, -0.2) is 39.4 Å². The number of carbonyl (C=O) groups is 2. The molecule has 0 saturated carbocycles. The third kappa shape index (κ3) is 3.80. The van der Waals surface area contributed by atoms with Crippen LogP contribution in [0.25, 0.3) is 0 Å². The van der Waals surface area contributed by atoms with Gasteiger partial charge < -0.3 is 10.2 Å². The second kappa shape index (κ2) is 6.40. The number of rotatable bonds is 3. The predicted molar refractivity (Wildman–Crippen MR) is 88.7 cm³/mol. The van der Waals surface area contributed by atoms with Gasteiger partial charge in [-0.25, -0.2) is 0 Å². The fraction of sp³-hybridized carbons (Fsp3) is 0.600. The van der Waals surface area contributed by atoms with Crippen molar-refractivity contribution in [2.75, 3.05) is 5.75 Å². The molecule has 0 radical (unpaired) electrons. The Morgan fingerprint density at radius 3 is 2.67 bits per heavy atom. The molecule has 116 valence electrons. The van der Waals surface area contributed by atoms with Gasteiger partial charge in [0.2, 0.25) is 5.91 Å². The Bertz CT molecular complexity index is 508. The first kappa shape index (κ1) is 16.4. The van der Waals surface area contributed by atoms with E-state index in [1.807, 2.05) is 38.3 Å². The Labute approximate surface area is 134 Å². The molecule has 2 rings (SSSR count). The summed E-state index contributed by atoms with van der Waals surface area (Å²) in [6.07, 6.45) is 0.848. The normalized spacial score (nSPS) is 22.4. The molecule has 2 atom stereocenters. The van der Waals surface area contributed by atoms with Crippen molar-refractivity contribution in [3.63, 3.8) is 0 Å². The molecule has 2 unspecified atom stereocenters. The lowest BCUT2D eigenvalue weighted by molar-refractivity contribution is -0.126. The van der Waals surface area contributed by atoms with Crippen LogP contribution >= 0.6 is 23.1 Å². The van der Waals surface area contributed by atoms with Gasteiger partial charge in [-0.3, -0.25) is 9.59 Å². The Kier molecular flexibility index (Phi) is 4.99. The van der Waals surface area contributed by atoms with E-state index in [1.54, 1.807) is 16.7 Å².